The molecular formula is C8H4BrClO. The summed E-state index contributed by atoms with van der Waals surface area (Å²) in [5.74, 6) is 0. The molecule has 11 heavy (non-hydrogen) atoms. The summed E-state index contributed by atoms with van der Waals surface area (Å²) in [6.45, 7) is 0. The number of hydrogen-bond donors (Lipinski definition) is 0. The van der Waals surface area contributed by atoms with E-state index in [0.29, 0.717) is 0 Å². The highest BCUT2D eigenvalue weighted by atomic mass is 79.9. The molecule has 1 aromatic carbocycles. The largest absolute Gasteiger partial charge is 0.449 e. The number of furan rings is 1. The van der Waals surface area contributed by atoms with Gasteiger partial charge < -0.3 is 4.42 Å². The van der Waals surface area contributed by atoms with E-state index >= 15 is 0 Å². The Morgan fingerprint density at radius 2 is 2.27 bits per heavy atom. The average molecular weight is 236 g/mol. The van der Waals surface area contributed by atoms with Gasteiger partial charge in [0.15, 0.2) is 4.67 Å². The Morgan fingerprint density at radius 1 is 1.45 bits per heavy atom. The molecule has 0 atom stereocenters. The van der Waals surface area contributed by atoms with Crippen molar-refractivity contribution < 1.29 is 9.90 Å². The van der Waals surface area contributed by atoms with Gasteiger partial charge in [-0.25, -0.2) is 0 Å². The third kappa shape index (κ3) is 1.28. The second kappa shape index (κ2) is 2.54. The molecule has 0 aliphatic rings. The molecule has 0 saturated heterocycles. The van der Waals surface area contributed by atoms with Crippen molar-refractivity contribution in [1.82, 2.24) is 0 Å². The lowest BCUT2D eigenvalue weighted by molar-refractivity contribution is 0.587. The molecule has 0 N–H and O–H groups in total. The van der Waals surface area contributed by atoms with Crippen molar-refractivity contribution >= 4 is 38.5 Å². The quantitative estimate of drug-likeness (QED) is 0.676. The number of benzene rings is 1. The zero-order valence-electron chi connectivity index (χ0n) is 9.16. The third-order valence-electron chi connectivity index (χ3n) is 1.16. The topological polar surface area (TPSA) is 13.1 Å². The fourth-order valence-corrected chi connectivity index (χ4v) is 1.24. The Morgan fingerprint density at radius 3 is 3.09 bits per heavy atom. The lowest BCUT2D eigenvalue weighted by Gasteiger charge is -1.87. The minimum Gasteiger partial charge on any atom is -0.449 e. The first kappa shape index (κ1) is 3.97. The summed E-state index contributed by atoms with van der Waals surface area (Å²) in [6, 6.07) is -0.637. The molecule has 56 valence electrons. The van der Waals surface area contributed by atoms with Crippen LogP contribution in [0.15, 0.2) is 33.3 Å². The van der Waals surface area contributed by atoms with Gasteiger partial charge in [-0.15, -0.1) is 0 Å². The van der Waals surface area contributed by atoms with Crippen LogP contribution < -0.4 is 0 Å². The van der Waals surface area contributed by atoms with Gasteiger partial charge in [0.2, 0.25) is 0 Å². The summed E-state index contributed by atoms with van der Waals surface area (Å²) in [7, 11) is 0. The van der Waals surface area contributed by atoms with Gasteiger partial charge in [-0.3, -0.25) is 0 Å². The summed E-state index contributed by atoms with van der Waals surface area (Å²) in [5, 5.41) is 0.00928. The predicted molar refractivity (Wildman–Crippen MR) is 48.9 cm³/mol. The second-order valence-corrected chi connectivity index (χ2v) is 2.99. The normalized spacial score (nSPS) is 15.8. The SMILES string of the molecule is [2H]c1c(Cl)c([2H])c2oc(Br)c([2H])c2c1[2H]. The highest BCUT2D eigenvalue weighted by Crippen LogP contribution is 2.25. The van der Waals surface area contributed by atoms with E-state index in [1.54, 1.807) is 0 Å². The third-order valence-corrected chi connectivity index (χ3v) is 1.71. The van der Waals surface area contributed by atoms with Crippen molar-refractivity contribution in [2.24, 2.45) is 0 Å². The molecule has 0 aliphatic heterocycles. The van der Waals surface area contributed by atoms with Gasteiger partial charge >= 0.3 is 0 Å². The maximum Gasteiger partial charge on any atom is 0.170 e. The van der Waals surface area contributed by atoms with Crippen LogP contribution in [-0.4, -0.2) is 0 Å². The second-order valence-electron chi connectivity index (χ2n) is 1.89. The van der Waals surface area contributed by atoms with Crippen molar-refractivity contribution in [3.8, 4) is 0 Å². The zero-order valence-corrected chi connectivity index (χ0v) is 7.51. The summed E-state index contributed by atoms with van der Waals surface area (Å²) in [6.07, 6.45) is 0. The molecule has 2 rings (SSSR count). The Bertz CT molecular complexity index is 566. The van der Waals surface area contributed by atoms with Crippen LogP contribution in [0.3, 0.4) is 0 Å². The van der Waals surface area contributed by atoms with E-state index in [1.165, 1.54) is 0 Å². The van der Waals surface area contributed by atoms with Crippen molar-refractivity contribution in [2.45, 2.75) is 0 Å². The summed E-state index contributed by atoms with van der Waals surface area (Å²) >= 11 is 8.69. The highest BCUT2D eigenvalue weighted by molar-refractivity contribution is 9.10. The van der Waals surface area contributed by atoms with E-state index in [1.807, 2.05) is 0 Å². The molecule has 1 nitrogen and oxygen atoms in total. The van der Waals surface area contributed by atoms with Crippen LogP contribution in [0.1, 0.15) is 5.48 Å². The summed E-state index contributed by atoms with van der Waals surface area (Å²) in [4.78, 5) is 0. The average Bonchev–Trinajstić information content (AvgIpc) is 2.50. The maximum atomic E-state index is 7.62. The minimum atomic E-state index is -0.254. The number of fused-ring (bicyclic) bond motifs is 1. The number of halogens is 2. The van der Waals surface area contributed by atoms with Crippen molar-refractivity contribution in [1.29, 1.82) is 0 Å². The lowest BCUT2D eigenvalue weighted by Crippen LogP contribution is -1.62. The van der Waals surface area contributed by atoms with Crippen LogP contribution in [0.25, 0.3) is 11.0 Å². The van der Waals surface area contributed by atoms with Crippen molar-refractivity contribution in [3.63, 3.8) is 0 Å². The standard InChI is InChI=1S/C8H4BrClO/c9-8-3-5-1-2-6(10)4-7(5)11-8/h1-4H/i1D,2D,3D,4D. The van der Waals surface area contributed by atoms with Gasteiger partial charge in [0.05, 0.1) is 5.48 Å². The van der Waals surface area contributed by atoms with E-state index in [-0.39, 0.29) is 44.8 Å². The summed E-state index contributed by atoms with van der Waals surface area (Å²) < 4.78 is 35.6. The van der Waals surface area contributed by atoms with E-state index in [2.05, 4.69) is 15.9 Å². The molecule has 0 unspecified atom stereocenters. The predicted octanol–water partition coefficient (Wildman–Crippen LogP) is 3.85. The van der Waals surface area contributed by atoms with Gasteiger partial charge in [0, 0.05) is 16.5 Å². The summed E-state index contributed by atoms with van der Waals surface area (Å²) in [5.41, 5.74) is 0.0675. The van der Waals surface area contributed by atoms with Gasteiger partial charge in [-0.05, 0) is 34.1 Å². The first-order valence-electron chi connectivity index (χ1n) is 4.79. The molecule has 0 spiro atoms. The maximum absolute atomic E-state index is 7.62. The van der Waals surface area contributed by atoms with Crippen LogP contribution in [0, 0.1) is 0 Å². The monoisotopic (exact) mass is 234 g/mol. The van der Waals surface area contributed by atoms with Crippen molar-refractivity contribution in [2.75, 3.05) is 0 Å². The Hall–Kier alpha value is -0.470. The van der Waals surface area contributed by atoms with Gasteiger partial charge in [-0.2, -0.15) is 0 Å². The van der Waals surface area contributed by atoms with E-state index in [4.69, 9.17) is 21.5 Å². The first-order chi connectivity index (χ1) is 6.95. The van der Waals surface area contributed by atoms with E-state index in [0.717, 1.165) is 0 Å². The van der Waals surface area contributed by atoms with Crippen LogP contribution >= 0.6 is 27.5 Å². The zero-order chi connectivity index (χ0) is 11.3. The molecule has 0 bridgehead atoms. The molecular weight excluding hydrogens is 227 g/mol. The minimum absolute atomic E-state index is 0.0336. The molecule has 0 radical (unpaired) electrons. The molecule has 0 aliphatic carbocycles. The smallest absolute Gasteiger partial charge is 0.170 e. The molecule has 0 fully saturated rings. The molecule has 0 saturated carbocycles. The fourth-order valence-electron chi connectivity index (χ4n) is 0.746. The van der Waals surface area contributed by atoms with Crippen LogP contribution in [0.4, 0.5) is 0 Å². The van der Waals surface area contributed by atoms with E-state index < -0.39 is 0 Å². The molecule has 1 heterocycles. The van der Waals surface area contributed by atoms with Gasteiger partial charge in [-0.1, -0.05) is 11.6 Å². The Labute approximate surface area is 82.7 Å². The van der Waals surface area contributed by atoms with Crippen molar-refractivity contribution in [3.05, 3.63) is 33.9 Å². The van der Waals surface area contributed by atoms with Crippen LogP contribution in [0.2, 0.25) is 5.02 Å². The molecule has 1 aromatic heterocycles. The molecule has 2 aromatic rings. The Balaban J connectivity index is 3.07. The van der Waals surface area contributed by atoms with Crippen LogP contribution in [0.5, 0.6) is 0 Å². The number of hydrogen-bond acceptors (Lipinski definition) is 1. The van der Waals surface area contributed by atoms with E-state index in [9.17, 15) is 0 Å². The fraction of sp³-hybridized carbons (Fsp3) is 0. The molecule has 3 heteroatoms. The Kier molecular flexibility index (Phi) is 0.915. The first-order valence-corrected chi connectivity index (χ1v) is 3.96. The lowest BCUT2D eigenvalue weighted by atomic mass is 10.3. The van der Waals surface area contributed by atoms with Crippen LogP contribution in [-0.2, 0) is 0 Å². The highest BCUT2D eigenvalue weighted by Gasteiger charge is 2.00. The van der Waals surface area contributed by atoms with Gasteiger partial charge in [0.1, 0.15) is 5.58 Å². The number of rotatable bonds is 0. The molecule has 0 amide bonds. The van der Waals surface area contributed by atoms with Gasteiger partial charge in [0.25, 0.3) is 0 Å².